The molecule has 264 valence electrons. The molecule has 1 aromatic heterocycles. The van der Waals surface area contributed by atoms with Crippen LogP contribution in [0.3, 0.4) is 0 Å². The first-order chi connectivity index (χ1) is 24.4. The molecule has 2 aliphatic rings. The number of halogens is 1. The van der Waals surface area contributed by atoms with Gasteiger partial charge in [0.25, 0.3) is 5.91 Å². The van der Waals surface area contributed by atoms with E-state index >= 15 is 4.39 Å². The first kappa shape index (κ1) is 34.9. The minimum absolute atomic E-state index is 0.0122. The number of fused-ring (bicyclic) bond motifs is 2. The summed E-state index contributed by atoms with van der Waals surface area (Å²) in [6.45, 7) is 4.81. The molecular weight excluding hydrogens is 653 g/mol. The maximum atomic E-state index is 15.2. The summed E-state index contributed by atoms with van der Waals surface area (Å²) in [5.74, 6) is -0.468. The molecule has 1 saturated heterocycles. The van der Waals surface area contributed by atoms with E-state index in [1.54, 1.807) is 63.4 Å². The van der Waals surface area contributed by atoms with Crippen LogP contribution in [0, 0.1) is 11.2 Å². The third-order valence-corrected chi connectivity index (χ3v) is 9.26. The van der Waals surface area contributed by atoms with E-state index in [1.807, 2.05) is 19.0 Å². The number of nitrogens with zero attached hydrogens (tertiary/aromatic N) is 2. The van der Waals surface area contributed by atoms with E-state index in [0.29, 0.717) is 69.7 Å². The molecule has 51 heavy (non-hydrogen) atoms. The summed E-state index contributed by atoms with van der Waals surface area (Å²) in [6, 6.07) is 14.1. The van der Waals surface area contributed by atoms with Gasteiger partial charge in [-0.2, -0.15) is 0 Å². The summed E-state index contributed by atoms with van der Waals surface area (Å²) < 4.78 is 26.5. The number of Topliss-reactive ketones (excluding diaryl/α,β-unsaturated/α-hetero) is 1. The number of ether oxygens (including phenoxy) is 2. The van der Waals surface area contributed by atoms with Crippen molar-refractivity contribution in [3.05, 3.63) is 94.3 Å². The number of H-pyrrole nitrogens is 1. The number of likely N-dealkylation sites (N-methyl/N-ethyl adjacent to an activating group) is 1. The van der Waals surface area contributed by atoms with E-state index in [1.165, 1.54) is 25.3 Å². The Hall–Kier alpha value is -5.95. The van der Waals surface area contributed by atoms with Gasteiger partial charge in [0, 0.05) is 77.1 Å². The zero-order valence-corrected chi connectivity index (χ0v) is 29.3. The monoisotopic (exact) mass is 693 g/mol. The van der Waals surface area contributed by atoms with Gasteiger partial charge in [-0.3, -0.25) is 9.59 Å². The lowest BCUT2D eigenvalue weighted by Crippen LogP contribution is -2.34. The lowest BCUT2D eigenvalue weighted by molar-refractivity contribution is 0.0783. The highest BCUT2D eigenvalue weighted by Gasteiger charge is 2.30. The smallest absolute Gasteiger partial charge is 0.323 e. The zero-order chi connectivity index (χ0) is 36.6. The van der Waals surface area contributed by atoms with Crippen molar-refractivity contribution < 1.29 is 28.2 Å². The minimum atomic E-state index is -0.555. The number of allylic oxidation sites excluding steroid dienone is 3. The third kappa shape index (κ3) is 6.93. The number of nitrogens with one attached hydrogen (secondary N) is 5. The zero-order valence-electron chi connectivity index (χ0n) is 29.3. The minimum Gasteiger partial charge on any atom is -0.497 e. The lowest BCUT2D eigenvalue weighted by atomic mass is 9.99. The highest BCUT2D eigenvalue weighted by molar-refractivity contribution is 6.24. The highest BCUT2D eigenvalue weighted by atomic mass is 19.1. The van der Waals surface area contributed by atoms with E-state index in [-0.39, 0.29) is 34.2 Å². The van der Waals surface area contributed by atoms with Crippen molar-refractivity contribution in [2.75, 3.05) is 52.0 Å². The van der Waals surface area contributed by atoms with Gasteiger partial charge < -0.3 is 45.6 Å². The Balaban J connectivity index is 1.21. The Morgan fingerprint density at radius 1 is 1.08 bits per heavy atom. The van der Waals surface area contributed by atoms with Gasteiger partial charge >= 0.3 is 6.03 Å². The molecule has 5 N–H and O–H groups in total. The van der Waals surface area contributed by atoms with E-state index in [2.05, 4.69) is 25.8 Å². The number of rotatable bonds is 9. The molecule has 0 bridgehead atoms. The van der Waals surface area contributed by atoms with Crippen LogP contribution < -0.4 is 25.4 Å². The predicted molar refractivity (Wildman–Crippen MR) is 196 cm³/mol. The van der Waals surface area contributed by atoms with Crippen LogP contribution in [-0.4, -0.2) is 85.6 Å². The first-order valence-corrected chi connectivity index (χ1v) is 16.4. The maximum Gasteiger partial charge on any atom is 0.323 e. The molecule has 0 saturated carbocycles. The van der Waals surface area contributed by atoms with Gasteiger partial charge in [0.2, 0.25) is 5.78 Å². The number of hydrogen-bond acceptors (Lipinski definition) is 8. The molecule has 0 spiro atoms. The van der Waals surface area contributed by atoms with Crippen LogP contribution in [-0.2, 0) is 0 Å². The number of carbonyl (C=O) groups is 3. The fourth-order valence-corrected chi connectivity index (χ4v) is 6.41. The molecule has 3 heterocycles. The van der Waals surface area contributed by atoms with Crippen molar-refractivity contribution in [1.82, 2.24) is 20.1 Å². The number of anilines is 2. The Bertz CT molecular complexity index is 2130. The van der Waals surface area contributed by atoms with Crippen molar-refractivity contribution in [2.24, 2.45) is 0 Å². The topological polar surface area (TPSA) is 152 Å². The van der Waals surface area contributed by atoms with Crippen LogP contribution >= 0.6 is 0 Å². The average molecular weight is 694 g/mol. The molecule has 1 atom stereocenters. The van der Waals surface area contributed by atoms with Gasteiger partial charge in [-0.05, 0) is 89.0 Å². The fraction of sp³-hybridized carbons (Fsp3) is 0.263. The molecular formula is C38H40FN7O5. The summed E-state index contributed by atoms with van der Waals surface area (Å²) in [5, 5.41) is 17.5. The molecule has 1 fully saturated rings. The van der Waals surface area contributed by atoms with Gasteiger partial charge in [0.1, 0.15) is 11.5 Å². The number of benzene rings is 3. The number of methoxy groups -OCH3 is 1. The fourth-order valence-electron chi connectivity index (χ4n) is 6.41. The molecule has 0 aliphatic carbocycles. The van der Waals surface area contributed by atoms with E-state index < -0.39 is 17.6 Å². The van der Waals surface area contributed by atoms with Gasteiger partial charge in [0.15, 0.2) is 11.6 Å². The molecule has 13 heteroatoms. The van der Waals surface area contributed by atoms with Gasteiger partial charge in [-0.25, -0.2) is 9.18 Å². The molecule has 12 nitrogen and oxygen atoms in total. The van der Waals surface area contributed by atoms with Crippen molar-refractivity contribution in [1.29, 1.82) is 5.41 Å². The van der Waals surface area contributed by atoms with Crippen molar-refractivity contribution >= 4 is 57.4 Å². The first-order valence-electron chi connectivity index (χ1n) is 16.4. The molecule has 4 aromatic rings. The van der Waals surface area contributed by atoms with Gasteiger partial charge in [0.05, 0.1) is 23.9 Å². The summed E-state index contributed by atoms with van der Waals surface area (Å²) in [4.78, 5) is 46.6. The number of aromatic amines is 1. The van der Waals surface area contributed by atoms with Crippen LogP contribution in [0.15, 0.2) is 66.1 Å². The van der Waals surface area contributed by atoms with Crippen molar-refractivity contribution in [3.63, 3.8) is 0 Å². The molecule has 2 aliphatic heterocycles. The largest absolute Gasteiger partial charge is 0.497 e. The van der Waals surface area contributed by atoms with Crippen LogP contribution in [0.4, 0.5) is 20.6 Å². The maximum absolute atomic E-state index is 15.2. The number of ketones is 1. The Labute approximate surface area is 294 Å². The second kappa shape index (κ2) is 14.1. The van der Waals surface area contributed by atoms with E-state index in [4.69, 9.17) is 14.9 Å². The van der Waals surface area contributed by atoms with Crippen LogP contribution in [0.1, 0.15) is 52.2 Å². The number of likely N-dealkylation sites (tertiary alicyclic amines) is 1. The highest BCUT2D eigenvalue weighted by Crippen LogP contribution is 2.38. The second-order valence-electron chi connectivity index (χ2n) is 12.8. The van der Waals surface area contributed by atoms with Gasteiger partial charge in [-0.1, -0.05) is 0 Å². The molecule has 3 aromatic carbocycles. The molecule has 3 amide bonds. The summed E-state index contributed by atoms with van der Waals surface area (Å²) in [5.41, 5.74) is 4.08. The lowest BCUT2D eigenvalue weighted by Gasteiger charge is -2.20. The quantitative estimate of drug-likeness (QED) is 0.101. The number of hydrogen-bond donors (Lipinski definition) is 5. The van der Waals surface area contributed by atoms with E-state index in [9.17, 15) is 14.4 Å². The Kier molecular flexibility index (Phi) is 9.66. The summed E-state index contributed by atoms with van der Waals surface area (Å²) >= 11 is 0. The van der Waals surface area contributed by atoms with Crippen LogP contribution in [0.2, 0.25) is 0 Å². The summed E-state index contributed by atoms with van der Waals surface area (Å²) in [7, 11) is 7.19. The molecule has 0 radical (unpaired) electrons. The standard InChI is InChI=1S/C38H40FN7O5/c1-20(40)33(21(2)41-3)35-28(27-16-26(50-6)17-30(39)34(27)44-35)18-32-36(47)29-15-24(11-12-31(29)51-32)43-38(49)42-23-9-7-22(8-10-23)37(48)46-14-13-25(19-46)45(4)5/h7-12,15-18,25,40-41,44H,13-14,19H2,1-6H3,(H2,42,43,49)/b32-18-,33-21+,40-20?. The van der Waals surface area contributed by atoms with Gasteiger partial charge in [-0.15, -0.1) is 0 Å². The SMILES string of the molecule is CN/C(C)=C(\C(C)=N)c1[nH]c2c(F)cc(OC)cc2c1/C=C1\Oc2ccc(NC(=O)Nc3ccc(C(=O)N4CCC(N(C)C)C4)cc3)cc2C1=O. The second-order valence-corrected chi connectivity index (χ2v) is 12.8. The number of amides is 3. The number of aromatic nitrogens is 1. The summed E-state index contributed by atoms with van der Waals surface area (Å²) in [6.07, 6.45) is 2.46. The Morgan fingerprint density at radius 3 is 2.43 bits per heavy atom. The Morgan fingerprint density at radius 2 is 1.78 bits per heavy atom. The van der Waals surface area contributed by atoms with Crippen LogP contribution in [0.25, 0.3) is 22.6 Å². The predicted octanol–water partition coefficient (Wildman–Crippen LogP) is 6.34. The average Bonchev–Trinajstić information content (AvgIpc) is 3.82. The molecule has 6 rings (SSSR count). The van der Waals surface area contributed by atoms with Crippen molar-refractivity contribution in [2.45, 2.75) is 26.3 Å². The third-order valence-electron chi connectivity index (χ3n) is 9.26. The van der Waals surface area contributed by atoms with E-state index in [0.717, 1.165) is 6.42 Å². The number of carbonyl (C=O) groups excluding carboxylic acids is 3. The normalized spacial score (nSPS) is 16.6. The van der Waals surface area contributed by atoms with Crippen molar-refractivity contribution in [3.8, 4) is 11.5 Å². The molecule has 1 unspecified atom stereocenters. The number of urea groups is 1. The van der Waals surface area contributed by atoms with Crippen LogP contribution in [0.5, 0.6) is 11.5 Å².